The molecule has 0 aliphatic rings. The highest BCUT2D eigenvalue weighted by Crippen LogP contribution is 2.27. The van der Waals surface area contributed by atoms with Gasteiger partial charge in [0.25, 0.3) is 5.69 Å². The first kappa shape index (κ1) is 14.3. The van der Waals surface area contributed by atoms with Crippen LogP contribution in [0.2, 0.25) is 0 Å². The first-order valence-corrected chi connectivity index (χ1v) is 6.73. The smallest absolute Gasteiger partial charge is 0.275 e. The van der Waals surface area contributed by atoms with Crippen molar-refractivity contribution in [1.29, 1.82) is 0 Å². The maximum atomic E-state index is 10.9. The largest absolute Gasteiger partial charge is 0.489 e. The number of hydrogen-bond donors (Lipinski definition) is 1. The Labute approximate surface area is 124 Å². The molecule has 0 amide bonds. The quantitative estimate of drug-likeness (QED) is 0.662. The van der Waals surface area contributed by atoms with Crippen LogP contribution in [-0.4, -0.2) is 12.0 Å². The van der Waals surface area contributed by atoms with Crippen LogP contribution >= 0.6 is 15.9 Å². The highest BCUT2D eigenvalue weighted by molar-refractivity contribution is 9.10. The predicted octanol–water partition coefficient (Wildman–Crippen LogP) is 3.98. The highest BCUT2D eigenvalue weighted by atomic mass is 79.9. The summed E-state index contributed by atoms with van der Waals surface area (Å²) in [5.74, 6) is 0.458. The molecule has 0 spiro atoms. The zero-order valence-corrected chi connectivity index (χ0v) is 12.4. The zero-order chi connectivity index (χ0) is 14.5. The van der Waals surface area contributed by atoms with Gasteiger partial charge in [-0.2, -0.15) is 0 Å². The molecule has 5 nitrogen and oxygen atoms in total. The third-order valence-electron chi connectivity index (χ3n) is 2.74. The molecule has 0 heterocycles. The van der Waals surface area contributed by atoms with Gasteiger partial charge in [0, 0.05) is 34.9 Å². The summed E-state index contributed by atoms with van der Waals surface area (Å²) in [5, 5.41) is 13.7. The third kappa shape index (κ3) is 3.48. The van der Waals surface area contributed by atoms with Gasteiger partial charge in [0.1, 0.15) is 12.4 Å². The maximum Gasteiger partial charge on any atom is 0.275 e. The fourth-order valence-electron chi connectivity index (χ4n) is 1.69. The van der Waals surface area contributed by atoms with E-state index in [4.69, 9.17) is 4.74 Å². The number of non-ortho nitro benzene ring substituents is 1. The molecule has 0 unspecified atom stereocenters. The molecule has 0 bridgehead atoms. The molecule has 2 aromatic carbocycles. The van der Waals surface area contributed by atoms with E-state index < -0.39 is 4.92 Å². The molecule has 0 aliphatic heterocycles. The summed E-state index contributed by atoms with van der Waals surface area (Å²) in [6.07, 6.45) is 0. The van der Waals surface area contributed by atoms with Gasteiger partial charge in [0.2, 0.25) is 0 Å². The summed E-state index contributed by atoms with van der Waals surface area (Å²) in [4.78, 5) is 10.4. The average Bonchev–Trinajstić information content (AvgIpc) is 2.46. The van der Waals surface area contributed by atoms with Crippen molar-refractivity contribution < 1.29 is 9.66 Å². The Morgan fingerprint density at radius 1 is 1.30 bits per heavy atom. The zero-order valence-electron chi connectivity index (χ0n) is 10.8. The van der Waals surface area contributed by atoms with E-state index in [1.807, 2.05) is 24.3 Å². The maximum absolute atomic E-state index is 10.9. The fourth-order valence-corrected chi connectivity index (χ4v) is 2.09. The Morgan fingerprint density at radius 3 is 2.70 bits per heavy atom. The molecule has 0 saturated heterocycles. The van der Waals surface area contributed by atoms with Crippen molar-refractivity contribution in [3.05, 3.63) is 62.6 Å². The predicted molar refractivity (Wildman–Crippen MR) is 81.1 cm³/mol. The molecular formula is C14H13BrN2O3. The molecule has 6 heteroatoms. The van der Waals surface area contributed by atoms with E-state index in [9.17, 15) is 10.1 Å². The Balaban J connectivity index is 2.19. The summed E-state index contributed by atoms with van der Waals surface area (Å²) >= 11 is 3.44. The molecule has 0 aliphatic carbocycles. The van der Waals surface area contributed by atoms with Gasteiger partial charge in [-0.1, -0.05) is 34.1 Å². The van der Waals surface area contributed by atoms with Crippen LogP contribution in [0.1, 0.15) is 5.56 Å². The van der Waals surface area contributed by atoms with Gasteiger partial charge in [-0.05, 0) is 6.07 Å². The van der Waals surface area contributed by atoms with Crippen LogP contribution in [0.4, 0.5) is 11.4 Å². The first-order valence-electron chi connectivity index (χ1n) is 5.93. The molecule has 2 aromatic rings. The minimum absolute atomic E-state index is 0.000947. The first-order chi connectivity index (χ1) is 9.60. The Hall–Kier alpha value is -2.08. The van der Waals surface area contributed by atoms with Gasteiger partial charge in [0.05, 0.1) is 11.0 Å². The molecule has 0 fully saturated rings. The van der Waals surface area contributed by atoms with Gasteiger partial charge in [-0.3, -0.25) is 10.1 Å². The summed E-state index contributed by atoms with van der Waals surface area (Å²) in [5.41, 5.74) is 1.62. The molecule has 0 aromatic heterocycles. The van der Waals surface area contributed by atoms with Gasteiger partial charge in [-0.25, -0.2) is 0 Å². The number of benzene rings is 2. The SMILES string of the molecule is CNc1cc(OCc2ccccc2Br)cc([N+](=O)[O-])c1. The van der Waals surface area contributed by atoms with E-state index in [0.717, 1.165) is 10.0 Å². The van der Waals surface area contributed by atoms with Crippen molar-refractivity contribution in [2.45, 2.75) is 6.61 Å². The van der Waals surface area contributed by atoms with Gasteiger partial charge in [-0.15, -0.1) is 0 Å². The van der Waals surface area contributed by atoms with Crippen LogP contribution in [-0.2, 0) is 6.61 Å². The third-order valence-corrected chi connectivity index (χ3v) is 3.52. The monoisotopic (exact) mass is 336 g/mol. The van der Waals surface area contributed by atoms with E-state index >= 15 is 0 Å². The van der Waals surface area contributed by atoms with E-state index in [-0.39, 0.29) is 5.69 Å². The van der Waals surface area contributed by atoms with Crippen molar-refractivity contribution in [2.75, 3.05) is 12.4 Å². The van der Waals surface area contributed by atoms with Crippen LogP contribution in [0.3, 0.4) is 0 Å². The van der Waals surface area contributed by atoms with Gasteiger partial charge >= 0.3 is 0 Å². The van der Waals surface area contributed by atoms with Crippen LogP contribution in [0, 0.1) is 10.1 Å². The number of nitro groups is 1. The average molecular weight is 337 g/mol. The van der Waals surface area contributed by atoms with Crippen LogP contribution in [0.15, 0.2) is 46.9 Å². The van der Waals surface area contributed by atoms with Crippen molar-refractivity contribution in [1.82, 2.24) is 0 Å². The molecule has 0 radical (unpaired) electrons. The van der Waals surface area contributed by atoms with E-state index in [1.165, 1.54) is 12.1 Å². The van der Waals surface area contributed by atoms with Crippen molar-refractivity contribution in [3.63, 3.8) is 0 Å². The van der Waals surface area contributed by atoms with Crippen molar-refractivity contribution >= 4 is 27.3 Å². The Kier molecular flexibility index (Phi) is 4.57. The van der Waals surface area contributed by atoms with Crippen LogP contribution in [0.25, 0.3) is 0 Å². The highest BCUT2D eigenvalue weighted by Gasteiger charge is 2.10. The number of halogens is 1. The summed E-state index contributed by atoms with van der Waals surface area (Å²) in [6, 6.07) is 12.3. The molecule has 20 heavy (non-hydrogen) atoms. The lowest BCUT2D eigenvalue weighted by Gasteiger charge is -2.09. The van der Waals surface area contributed by atoms with Gasteiger partial charge < -0.3 is 10.1 Å². The number of rotatable bonds is 5. The minimum atomic E-state index is -0.438. The van der Waals surface area contributed by atoms with E-state index in [1.54, 1.807) is 13.1 Å². The second kappa shape index (κ2) is 6.38. The number of anilines is 1. The number of nitro benzene ring substituents is 1. The molecule has 1 N–H and O–H groups in total. The molecular weight excluding hydrogens is 324 g/mol. The normalized spacial score (nSPS) is 10.1. The van der Waals surface area contributed by atoms with E-state index in [2.05, 4.69) is 21.2 Å². The van der Waals surface area contributed by atoms with Gasteiger partial charge in [0.15, 0.2) is 0 Å². The Bertz CT molecular complexity index is 632. The van der Waals surface area contributed by atoms with Crippen molar-refractivity contribution in [2.24, 2.45) is 0 Å². The summed E-state index contributed by atoms with van der Waals surface area (Å²) < 4.78 is 6.58. The van der Waals surface area contributed by atoms with Crippen LogP contribution in [0.5, 0.6) is 5.75 Å². The van der Waals surface area contributed by atoms with Crippen LogP contribution < -0.4 is 10.1 Å². The standard InChI is InChI=1S/C14H13BrN2O3/c1-16-11-6-12(17(18)19)8-13(7-11)20-9-10-4-2-3-5-14(10)15/h2-8,16H,9H2,1H3. The second-order valence-electron chi connectivity index (χ2n) is 4.10. The number of nitrogens with zero attached hydrogens (tertiary/aromatic N) is 1. The molecule has 0 atom stereocenters. The minimum Gasteiger partial charge on any atom is -0.489 e. The second-order valence-corrected chi connectivity index (χ2v) is 4.96. The lowest BCUT2D eigenvalue weighted by Crippen LogP contribution is -1.99. The lowest BCUT2D eigenvalue weighted by molar-refractivity contribution is -0.384. The number of nitrogens with one attached hydrogen (secondary N) is 1. The Morgan fingerprint density at radius 2 is 2.05 bits per heavy atom. The number of hydrogen-bond acceptors (Lipinski definition) is 4. The lowest BCUT2D eigenvalue weighted by atomic mass is 10.2. The van der Waals surface area contributed by atoms with Crippen molar-refractivity contribution in [3.8, 4) is 5.75 Å². The molecule has 104 valence electrons. The number of ether oxygens (including phenoxy) is 1. The molecule has 0 saturated carbocycles. The van der Waals surface area contributed by atoms with E-state index in [0.29, 0.717) is 18.0 Å². The topological polar surface area (TPSA) is 64.4 Å². The summed E-state index contributed by atoms with van der Waals surface area (Å²) in [6.45, 7) is 0.339. The fraction of sp³-hybridized carbons (Fsp3) is 0.143. The molecule has 2 rings (SSSR count). The summed E-state index contributed by atoms with van der Waals surface area (Å²) in [7, 11) is 1.70.